The van der Waals surface area contributed by atoms with Gasteiger partial charge in [0, 0.05) is 11.6 Å². The first-order valence-electron chi connectivity index (χ1n) is 10.2. The molecule has 0 spiro atoms. The van der Waals surface area contributed by atoms with Crippen molar-refractivity contribution in [2.45, 2.75) is 6.92 Å². The number of aryl methyl sites for hydroxylation is 1. The van der Waals surface area contributed by atoms with Gasteiger partial charge in [0.2, 0.25) is 5.82 Å². The zero-order valence-electron chi connectivity index (χ0n) is 18.5. The molecule has 0 unspecified atom stereocenters. The Morgan fingerprint density at radius 3 is 2.45 bits per heavy atom. The Morgan fingerprint density at radius 2 is 1.70 bits per heavy atom. The highest BCUT2D eigenvalue weighted by Crippen LogP contribution is 2.31. The number of ether oxygens (including phenoxy) is 3. The predicted octanol–water partition coefficient (Wildman–Crippen LogP) is 4.75. The van der Waals surface area contributed by atoms with Crippen LogP contribution in [0.3, 0.4) is 0 Å². The first-order chi connectivity index (χ1) is 16.1. The molecule has 33 heavy (non-hydrogen) atoms. The number of anilines is 1. The number of nitrogens with zero attached hydrogens (tertiary/aromatic N) is 2. The Labute approximate surface area is 191 Å². The molecule has 8 nitrogen and oxygen atoms in total. The van der Waals surface area contributed by atoms with E-state index in [0.29, 0.717) is 40.2 Å². The minimum absolute atomic E-state index is 0.226. The molecule has 0 aliphatic carbocycles. The molecule has 0 saturated heterocycles. The topological polar surface area (TPSA) is 95.7 Å². The standard InChI is InChI=1S/C25H23N3O5/c1-16-8-4-5-9-18(16)24-27-25(33-28-24)19-10-6-7-11-21(19)32-15-23(29)26-20-14-17(30-2)12-13-22(20)31-3/h4-14H,15H2,1-3H3,(H,26,29). The second-order valence-electron chi connectivity index (χ2n) is 7.14. The van der Waals surface area contributed by atoms with E-state index in [1.54, 1.807) is 43.5 Å². The Bertz CT molecular complexity index is 1270. The summed E-state index contributed by atoms with van der Waals surface area (Å²) >= 11 is 0. The number of hydrogen-bond donors (Lipinski definition) is 1. The number of benzene rings is 3. The Kier molecular flexibility index (Phi) is 6.54. The van der Waals surface area contributed by atoms with Gasteiger partial charge in [-0.2, -0.15) is 4.98 Å². The van der Waals surface area contributed by atoms with Crippen molar-refractivity contribution in [3.05, 3.63) is 72.3 Å². The van der Waals surface area contributed by atoms with Gasteiger partial charge in [-0.1, -0.05) is 41.6 Å². The van der Waals surface area contributed by atoms with Gasteiger partial charge in [0.25, 0.3) is 11.8 Å². The Morgan fingerprint density at radius 1 is 0.939 bits per heavy atom. The molecule has 4 rings (SSSR count). The van der Waals surface area contributed by atoms with Gasteiger partial charge in [-0.3, -0.25) is 4.79 Å². The molecule has 1 heterocycles. The summed E-state index contributed by atoms with van der Waals surface area (Å²) in [6.07, 6.45) is 0. The zero-order chi connectivity index (χ0) is 23.2. The molecule has 0 atom stereocenters. The molecule has 3 aromatic carbocycles. The lowest BCUT2D eigenvalue weighted by Gasteiger charge is -2.13. The van der Waals surface area contributed by atoms with E-state index in [4.69, 9.17) is 18.7 Å². The first-order valence-corrected chi connectivity index (χ1v) is 10.2. The van der Waals surface area contributed by atoms with Crippen LogP contribution in [0.4, 0.5) is 5.69 Å². The van der Waals surface area contributed by atoms with Gasteiger partial charge in [0.15, 0.2) is 6.61 Å². The van der Waals surface area contributed by atoms with Gasteiger partial charge in [0.05, 0.1) is 25.5 Å². The van der Waals surface area contributed by atoms with Crippen LogP contribution in [0.15, 0.2) is 71.3 Å². The molecule has 1 N–H and O–H groups in total. The van der Waals surface area contributed by atoms with Crippen molar-refractivity contribution >= 4 is 11.6 Å². The van der Waals surface area contributed by atoms with E-state index in [0.717, 1.165) is 11.1 Å². The Balaban J connectivity index is 1.49. The third-order valence-corrected chi connectivity index (χ3v) is 4.97. The normalized spacial score (nSPS) is 10.5. The molecule has 0 bridgehead atoms. The molecule has 0 aliphatic heterocycles. The molecule has 0 fully saturated rings. The molecule has 1 aromatic heterocycles. The molecule has 1 amide bonds. The molecule has 0 radical (unpaired) electrons. The minimum atomic E-state index is -0.359. The van der Waals surface area contributed by atoms with E-state index in [-0.39, 0.29) is 12.5 Å². The summed E-state index contributed by atoms with van der Waals surface area (Å²) in [5, 5.41) is 6.88. The van der Waals surface area contributed by atoms with Gasteiger partial charge in [-0.05, 0) is 36.8 Å². The predicted molar refractivity (Wildman–Crippen MR) is 124 cm³/mol. The van der Waals surface area contributed by atoms with Crippen LogP contribution in [0.5, 0.6) is 17.2 Å². The quantitative estimate of drug-likeness (QED) is 0.418. The SMILES string of the molecule is COc1ccc(OC)c(NC(=O)COc2ccccc2-c2nc(-c3ccccc3C)no2)c1. The molecule has 8 heteroatoms. The van der Waals surface area contributed by atoms with E-state index in [2.05, 4.69) is 15.5 Å². The molecular weight excluding hydrogens is 422 g/mol. The van der Waals surface area contributed by atoms with E-state index >= 15 is 0 Å². The summed E-state index contributed by atoms with van der Waals surface area (Å²) < 4.78 is 21.8. The van der Waals surface area contributed by atoms with E-state index in [1.165, 1.54) is 7.11 Å². The van der Waals surface area contributed by atoms with Crippen LogP contribution in [0.1, 0.15) is 5.56 Å². The third-order valence-electron chi connectivity index (χ3n) is 4.97. The van der Waals surface area contributed by atoms with Crippen LogP contribution >= 0.6 is 0 Å². The van der Waals surface area contributed by atoms with Crippen molar-refractivity contribution < 1.29 is 23.5 Å². The number of aromatic nitrogens is 2. The van der Waals surface area contributed by atoms with Crippen molar-refractivity contribution in [1.29, 1.82) is 0 Å². The average Bonchev–Trinajstić information content (AvgIpc) is 3.33. The molecular formula is C25H23N3O5. The van der Waals surface area contributed by atoms with Crippen LogP contribution in [-0.2, 0) is 4.79 Å². The number of carbonyl (C=O) groups excluding carboxylic acids is 1. The molecule has 0 aliphatic rings. The second-order valence-corrected chi connectivity index (χ2v) is 7.14. The highest BCUT2D eigenvalue weighted by Gasteiger charge is 2.17. The van der Waals surface area contributed by atoms with Gasteiger partial charge < -0.3 is 24.1 Å². The number of hydrogen-bond acceptors (Lipinski definition) is 7. The maximum absolute atomic E-state index is 12.5. The summed E-state index contributed by atoms with van der Waals surface area (Å²) in [5.41, 5.74) is 3.01. The highest BCUT2D eigenvalue weighted by atomic mass is 16.5. The van der Waals surface area contributed by atoms with Gasteiger partial charge in [0.1, 0.15) is 17.2 Å². The van der Waals surface area contributed by atoms with Crippen LogP contribution in [0.2, 0.25) is 0 Å². The van der Waals surface area contributed by atoms with Crippen molar-refractivity contribution in [3.63, 3.8) is 0 Å². The fraction of sp³-hybridized carbons (Fsp3) is 0.160. The maximum atomic E-state index is 12.5. The lowest BCUT2D eigenvalue weighted by molar-refractivity contribution is -0.118. The van der Waals surface area contributed by atoms with Crippen molar-refractivity contribution in [2.24, 2.45) is 0 Å². The van der Waals surface area contributed by atoms with Crippen molar-refractivity contribution in [2.75, 3.05) is 26.1 Å². The largest absolute Gasteiger partial charge is 0.497 e. The summed E-state index contributed by atoms with van der Waals surface area (Å²) in [7, 11) is 3.08. The van der Waals surface area contributed by atoms with E-state index in [1.807, 2.05) is 37.3 Å². The number of nitrogens with one attached hydrogen (secondary N) is 1. The molecule has 168 valence electrons. The number of carbonyl (C=O) groups is 1. The lowest BCUT2D eigenvalue weighted by atomic mass is 10.1. The van der Waals surface area contributed by atoms with Crippen LogP contribution < -0.4 is 19.5 Å². The lowest BCUT2D eigenvalue weighted by Crippen LogP contribution is -2.20. The van der Waals surface area contributed by atoms with Crippen LogP contribution in [0, 0.1) is 6.92 Å². The smallest absolute Gasteiger partial charge is 0.262 e. The number of methoxy groups -OCH3 is 2. The minimum Gasteiger partial charge on any atom is -0.497 e. The second kappa shape index (κ2) is 9.86. The summed E-state index contributed by atoms with van der Waals surface area (Å²) in [6.45, 7) is 1.76. The third kappa shape index (κ3) is 4.95. The first kappa shape index (κ1) is 21.9. The fourth-order valence-electron chi connectivity index (χ4n) is 3.28. The molecule has 0 saturated carbocycles. The van der Waals surface area contributed by atoms with Gasteiger partial charge in [-0.25, -0.2) is 0 Å². The van der Waals surface area contributed by atoms with E-state index < -0.39 is 0 Å². The number of para-hydroxylation sites is 1. The summed E-state index contributed by atoms with van der Waals surface area (Å²) in [4.78, 5) is 17.1. The number of rotatable bonds is 8. The van der Waals surface area contributed by atoms with Crippen molar-refractivity contribution in [3.8, 4) is 40.1 Å². The number of amides is 1. The van der Waals surface area contributed by atoms with Crippen LogP contribution in [-0.4, -0.2) is 36.9 Å². The Hall–Kier alpha value is -4.33. The van der Waals surface area contributed by atoms with E-state index in [9.17, 15) is 4.79 Å². The monoisotopic (exact) mass is 445 g/mol. The summed E-state index contributed by atoms with van der Waals surface area (Å²) in [6, 6.07) is 20.1. The van der Waals surface area contributed by atoms with Crippen molar-refractivity contribution in [1.82, 2.24) is 10.1 Å². The highest BCUT2D eigenvalue weighted by molar-refractivity contribution is 5.93. The zero-order valence-corrected chi connectivity index (χ0v) is 18.5. The fourth-order valence-corrected chi connectivity index (χ4v) is 3.28. The van der Waals surface area contributed by atoms with Gasteiger partial charge >= 0.3 is 0 Å². The van der Waals surface area contributed by atoms with Gasteiger partial charge in [-0.15, -0.1) is 0 Å². The molecule has 4 aromatic rings. The van der Waals surface area contributed by atoms with Crippen LogP contribution in [0.25, 0.3) is 22.8 Å². The average molecular weight is 445 g/mol. The summed E-state index contributed by atoms with van der Waals surface area (Å²) in [5.74, 6) is 1.99. The maximum Gasteiger partial charge on any atom is 0.262 e.